The van der Waals surface area contributed by atoms with Crippen LogP contribution in [-0.2, 0) is 26.4 Å². The third-order valence-electron chi connectivity index (χ3n) is 4.17. The summed E-state index contributed by atoms with van der Waals surface area (Å²) in [5.41, 5.74) is 0.218. The quantitative estimate of drug-likeness (QED) is 0.807. The first-order chi connectivity index (χ1) is 11.6. The van der Waals surface area contributed by atoms with Gasteiger partial charge >= 0.3 is 0 Å². The number of fused-ring (bicyclic) bond motifs is 1. The molecule has 1 aliphatic heterocycles. The molecule has 0 bridgehead atoms. The van der Waals surface area contributed by atoms with E-state index in [2.05, 4.69) is 0 Å². The van der Waals surface area contributed by atoms with E-state index in [0.29, 0.717) is 6.07 Å². The van der Waals surface area contributed by atoms with Gasteiger partial charge in [0, 0.05) is 25.2 Å². The zero-order valence-corrected chi connectivity index (χ0v) is 14.8. The molecule has 1 atom stereocenters. The molecule has 0 radical (unpaired) electrons. The van der Waals surface area contributed by atoms with E-state index in [4.69, 9.17) is 0 Å². The van der Waals surface area contributed by atoms with Gasteiger partial charge in [-0.05, 0) is 17.7 Å². The predicted molar refractivity (Wildman–Crippen MR) is 88.0 cm³/mol. The van der Waals surface area contributed by atoms with Crippen LogP contribution in [0.3, 0.4) is 0 Å². The molecule has 1 unspecified atom stereocenters. The first-order valence-electron chi connectivity index (χ1n) is 7.34. The Morgan fingerprint density at radius 3 is 2.52 bits per heavy atom. The van der Waals surface area contributed by atoms with Crippen molar-refractivity contribution in [3.63, 3.8) is 0 Å². The van der Waals surface area contributed by atoms with Crippen LogP contribution in [0.4, 0.5) is 8.78 Å². The highest BCUT2D eigenvalue weighted by atomic mass is 32.2. The van der Waals surface area contributed by atoms with Crippen LogP contribution in [0.15, 0.2) is 47.4 Å². The molecule has 2 aromatic rings. The van der Waals surface area contributed by atoms with E-state index >= 15 is 0 Å². The predicted octanol–water partition coefficient (Wildman–Crippen LogP) is 2.26. The van der Waals surface area contributed by atoms with Gasteiger partial charge < -0.3 is 0 Å². The molecule has 0 aromatic heterocycles. The van der Waals surface area contributed by atoms with Crippen LogP contribution in [0.5, 0.6) is 0 Å². The second kappa shape index (κ2) is 6.15. The largest absolute Gasteiger partial charge is 0.224 e. The molecule has 134 valence electrons. The Morgan fingerprint density at radius 1 is 1.16 bits per heavy atom. The molecule has 0 saturated carbocycles. The Labute approximate surface area is 144 Å². The molecular formula is C16H15F2NO4S2. The van der Waals surface area contributed by atoms with Gasteiger partial charge in [0.15, 0.2) is 9.84 Å². The van der Waals surface area contributed by atoms with Crippen LogP contribution in [0.1, 0.15) is 16.4 Å². The summed E-state index contributed by atoms with van der Waals surface area (Å²) in [5.74, 6) is -2.17. The number of hydrogen-bond donors (Lipinski definition) is 0. The van der Waals surface area contributed by atoms with Crippen molar-refractivity contribution in [1.29, 1.82) is 0 Å². The highest BCUT2D eigenvalue weighted by Crippen LogP contribution is 2.39. The molecule has 1 aliphatic rings. The first kappa shape index (κ1) is 18.0. The van der Waals surface area contributed by atoms with Gasteiger partial charge in [0.25, 0.3) is 0 Å². The summed E-state index contributed by atoms with van der Waals surface area (Å²) < 4.78 is 77.7. The average molecular weight is 387 g/mol. The average Bonchev–Trinajstić information content (AvgIpc) is 2.83. The van der Waals surface area contributed by atoms with Gasteiger partial charge in [0.05, 0.1) is 10.6 Å². The highest BCUT2D eigenvalue weighted by Gasteiger charge is 2.43. The van der Waals surface area contributed by atoms with Gasteiger partial charge in [-0.15, -0.1) is 0 Å². The number of hydrogen-bond acceptors (Lipinski definition) is 4. The van der Waals surface area contributed by atoms with Crippen molar-refractivity contribution in [3.05, 3.63) is 65.2 Å². The van der Waals surface area contributed by atoms with Crippen LogP contribution in [-0.4, -0.2) is 33.9 Å². The van der Waals surface area contributed by atoms with Gasteiger partial charge in [-0.25, -0.2) is 25.6 Å². The third-order valence-corrected chi connectivity index (χ3v) is 8.34. The lowest BCUT2D eigenvalue weighted by Gasteiger charge is -2.22. The molecule has 0 saturated heterocycles. The van der Waals surface area contributed by atoms with Gasteiger partial charge in [0.1, 0.15) is 16.9 Å². The molecule has 5 nitrogen and oxygen atoms in total. The molecule has 0 amide bonds. The number of sulfone groups is 1. The van der Waals surface area contributed by atoms with Gasteiger partial charge in [-0.2, -0.15) is 4.31 Å². The van der Waals surface area contributed by atoms with E-state index in [0.717, 1.165) is 16.4 Å². The summed E-state index contributed by atoms with van der Waals surface area (Å²) in [7, 11) is -6.50. The monoisotopic (exact) mass is 387 g/mol. The normalized spacial score (nSPS) is 19.1. The Morgan fingerprint density at radius 2 is 1.84 bits per heavy atom. The SMILES string of the molecule is CN(Cc1ccc(F)cc1F)S(=O)(=O)C1CS(=O)(=O)c2ccccc21. The van der Waals surface area contributed by atoms with Crippen LogP contribution < -0.4 is 0 Å². The first-order valence-corrected chi connectivity index (χ1v) is 10.5. The van der Waals surface area contributed by atoms with Crippen LogP contribution >= 0.6 is 0 Å². The van der Waals surface area contributed by atoms with Crippen molar-refractivity contribution in [3.8, 4) is 0 Å². The minimum Gasteiger partial charge on any atom is -0.224 e. The van der Waals surface area contributed by atoms with E-state index in [-0.39, 0.29) is 22.6 Å². The Kier molecular flexibility index (Phi) is 4.42. The molecule has 0 fully saturated rings. The highest BCUT2D eigenvalue weighted by molar-refractivity contribution is 7.95. The summed E-state index contributed by atoms with van der Waals surface area (Å²) in [5, 5.41) is -1.25. The van der Waals surface area contributed by atoms with Crippen molar-refractivity contribution >= 4 is 19.9 Å². The maximum atomic E-state index is 13.8. The molecule has 0 aliphatic carbocycles. The smallest absolute Gasteiger partial charge is 0.222 e. The van der Waals surface area contributed by atoms with Gasteiger partial charge in [-0.3, -0.25) is 0 Å². The minimum absolute atomic E-state index is 0.00149. The molecule has 25 heavy (non-hydrogen) atoms. The standard InChI is InChI=1S/C16H15F2NO4S2/c1-19(9-11-6-7-12(17)8-14(11)18)25(22,23)16-10-24(20,21)15-5-3-2-4-13(15)16/h2-8,16H,9-10H2,1H3. The molecular weight excluding hydrogens is 372 g/mol. The van der Waals surface area contributed by atoms with Crippen molar-refractivity contribution in [2.75, 3.05) is 12.8 Å². The lowest BCUT2D eigenvalue weighted by molar-refractivity contribution is 0.448. The van der Waals surface area contributed by atoms with Crippen molar-refractivity contribution in [2.45, 2.75) is 16.7 Å². The van der Waals surface area contributed by atoms with E-state index in [1.807, 2.05) is 0 Å². The van der Waals surface area contributed by atoms with Crippen molar-refractivity contribution in [2.24, 2.45) is 0 Å². The molecule has 2 aromatic carbocycles. The third kappa shape index (κ3) is 3.19. The summed E-state index contributed by atoms with van der Waals surface area (Å²) in [4.78, 5) is 0.00457. The van der Waals surface area contributed by atoms with Crippen LogP contribution in [0.25, 0.3) is 0 Å². The fourth-order valence-electron chi connectivity index (χ4n) is 2.85. The Balaban J connectivity index is 1.94. The second-order valence-electron chi connectivity index (χ2n) is 5.84. The lowest BCUT2D eigenvalue weighted by atomic mass is 10.2. The molecule has 0 N–H and O–H groups in total. The number of halogens is 2. The number of sulfonamides is 1. The number of rotatable bonds is 4. The van der Waals surface area contributed by atoms with E-state index in [1.54, 1.807) is 6.07 Å². The summed E-state index contributed by atoms with van der Waals surface area (Å²) >= 11 is 0. The fourth-order valence-corrected chi connectivity index (χ4v) is 7.04. The minimum atomic E-state index is -4.05. The van der Waals surface area contributed by atoms with Crippen molar-refractivity contribution in [1.82, 2.24) is 4.31 Å². The second-order valence-corrected chi connectivity index (χ2v) is 10.1. The van der Waals surface area contributed by atoms with Crippen LogP contribution in [0.2, 0.25) is 0 Å². The molecule has 0 spiro atoms. The Bertz CT molecular complexity index is 1040. The van der Waals surface area contributed by atoms with Gasteiger partial charge in [-0.1, -0.05) is 24.3 Å². The van der Waals surface area contributed by atoms with E-state index in [1.165, 1.54) is 25.2 Å². The van der Waals surface area contributed by atoms with Crippen molar-refractivity contribution < 1.29 is 25.6 Å². The maximum Gasteiger partial charge on any atom is 0.222 e. The summed E-state index contributed by atoms with van der Waals surface area (Å²) in [6, 6.07) is 8.81. The fraction of sp³-hybridized carbons (Fsp3) is 0.250. The topological polar surface area (TPSA) is 71.5 Å². The maximum absolute atomic E-state index is 13.8. The molecule has 9 heteroatoms. The van der Waals surface area contributed by atoms with Gasteiger partial charge in [0.2, 0.25) is 10.0 Å². The van der Waals surface area contributed by atoms with Crippen LogP contribution in [0, 0.1) is 11.6 Å². The molecule has 3 rings (SSSR count). The zero-order valence-electron chi connectivity index (χ0n) is 13.2. The summed E-state index contributed by atoms with van der Waals surface area (Å²) in [6.45, 7) is -0.326. The number of benzene rings is 2. The molecule has 1 heterocycles. The van der Waals surface area contributed by atoms with E-state index in [9.17, 15) is 25.6 Å². The Hall–Kier alpha value is -1.84. The zero-order chi connectivity index (χ0) is 18.4. The summed E-state index contributed by atoms with van der Waals surface area (Å²) in [6.07, 6.45) is 0. The van der Waals surface area contributed by atoms with E-state index < -0.39 is 42.5 Å². The number of nitrogens with zero attached hydrogens (tertiary/aromatic N) is 1. The lowest BCUT2D eigenvalue weighted by Crippen LogP contribution is -2.32.